The van der Waals surface area contributed by atoms with Crippen LogP contribution in [0.5, 0.6) is 0 Å². The summed E-state index contributed by atoms with van der Waals surface area (Å²) in [5.74, 6) is 0.592. The molecule has 0 saturated heterocycles. The molecule has 2 heterocycles. The van der Waals surface area contributed by atoms with Crippen LogP contribution in [0.3, 0.4) is 0 Å². The number of rotatable bonds is 2. The van der Waals surface area contributed by atoms with Gasteiger partial charge in [0.05, 0.1) is 23.2 Å². The van der Waals surface area contributed by atoms with Gasteiger partial charge in [-0.05, 0) is 18.2 Å². The lowest BCUT2D eigenvalue weighted by molar-refractivity contribution is 0.335. The quantitative estimate of drug-likeness (QED) is 0.822. The van der Waals surface area contributed by atoms with E-state index >= 15 is 0 Å². The standard InChI is InChI=1S/C12H10ClN5O2S/c13-10-5-9(6-14)1-2-11(10)21(19,20)18-4-3-17-8-15-16-12(17)7-18/h1-2,5,8H,3-4,7H2. The molecule has 0 fully saturated rings. The van der Waals surface area contributed by atoms with Crippen LogP contribution in [0.4, 0.5) is 0 Å². The Morgan fingerprint density at radius 1 is 1.33 bits per heavy atom. The third-order valence-electron chi connectivity index (χ3n) is 3.28. The molecule has 0 saturated carbocycles. The molecule has 0 bridgehead atoms. The molecule has 0 spiro atoms. The van der Waals surface area contributed by atoms with E-state index < -0.39 is 10.0 Å². The molecule has 1 aliphatic heterocycles. The molecule has 0 N–H and O–H groups in total. The number of aromatic nitrogens is 3. The summed E-state index contributed by atoms with van der Waals surface area (Å²) >= 11 is 6.00. The van der Waals surface area contributed by atoms with Crippen LogP contribution >= 0.6 is 11.6 Å². The molecule has 1 aliphatic rings. The monoisotopic (exact) mass is 323 g/mol. The smallest absolute Gasteiger partial charge is 0.245 e. The van der Waals surface area contributed by atoms with E-state index in [1.54, 1.807) is 6.33 Å². The van der Waals surface area contributed by atoms with Crippen molar-refractivity contribution in [2.24, 2.45) is 0 Å². The van der Waals surface area contributed by atoms with Crippen molar-refractivity contribution in [2.75, 3.05) is 6.54 Å². The van der Waals surface area contributed by atoms with E-state index in [0.29, 0.717) is 24.5 Å². The molecule has 1 aromatic carbocycles. The molecular formula is C12H10ClN5O2S. The van der Waals surface area contributed by atoms with Crippen molar-refractivity contribution in [3.05, 3.63) is 40.9 Å². The van der Waals surface area contributed by atoms with Crippen LogP contribution in [0.2, 0.25) is 5.02 Å². The van der Waals surface area contributed by atoms with Gasteiger partial charge < -0.3 is 4.57 Å². The molecule has 21 heavy (non-hydrogen) atoms. The van der Waals surface area contributed by atoms with Gasteiger partial charge in [-0.2, -0.15) is 9.57 Å². The Kier molecular flexibility index (Phi) is 3.41. The minimum absolute atomic E-state index is 0.00358. The fraction of sp³-hybridized carbons (Fsp3) is 0.250. The molecule has 0 unspecified atom stereocenters. The molecule has 7 nitrogen and oxygen atoms in total. The zero-order valence-electron chi connectivity index (χ0n) is 10.8. The van der Waals surface area contributed by atoms with Crippen molar-refractivity contribution < 1.29 is 8.42 Å². The SMILES string of the molecule is N#Cc1ccc(S(=O)(=O)N2CCn3cnnc3C2)c(Cl)c1. The number of nitriles is 1. The Labute approximate surface area is 126 Å². The predicted octanol–water partition coefficient (Wildman–Crippen LogP) is 1.01. The van der Waals surface area contributed by atoms with Crippen molar-refractivity contribution in [3.8, 4) is 6.07 Å². The largest absolute Gasteiger partial charge is 0.315 e. The highest BCUT2D eigenvalue weighted by molar-refractivity contribution is 7.89. The van der Waals surface area contributed by atoms with E-state index in [9.17, 15) is 8.42 Å². The number of hydrogen-bond donors (Lipinski definition) is 0. The summed E-state index contributed by atoms with van der Waals surface area (Å²) in [7, 11) is -3.73. The zero-order valence-corrected chi connectivity index (χ0v) is 12.3. The van der Waals surface area contributed by atoms with Gasteiger partial charge in [-0.1, -0.05) is 11.6 Å². The maximum atomic E-state index is 12.6. The number of halogens is 1. The molecule has 0 radical (unpaired) electrons. The van der Waals surface area contributed by atoms with Crippen molar-refractivity contribution in [3.63, 3.8) is 0 Å². The first-order valence-electron chi connectivity index (χ1n) is 6.09. The molecular weight excluding hydrogens is 314 g/mol. The maximum Gasteiger partial charge on any atom is 0.245 e. The highest BCUT2D eigenvalue weighted by Crippen LogP contribution is 2.27. The number of fused-ring (bicyclic) bond motifs is 1. The van der Waals surface area contributed by atoms with Gasteiger partial charge in [0.15, 0.2) is 0 Å². The Morgan fingerprint density at radius 3 is 2.86 bits per heavy atom. The van der Waals surface area contributed by atoms with Crippen LogP contribution in [0, 0.1) is 11.3 Å². The molecule has 1 aromatic heterocycles. The number of sulfonamides is 1. The van der Waals surface area contributed by atoms with Gasteiger partial charge >= 0.3 is 0 Å². The average Bonchev–Trinajstić information content (AvgIpc) is 2.94. The highest BCUT2D eigenvalue weighted by Gasteiger charge is 2.30. The van der Waals surface area contributed by atoms with E-state index in [0.717, 1.165) is 0 Å². The van der Waals surface area contributed by atoms with Gasteiger partial charge in [0.2, 0.25) is 10.0 Å². The van der Waals surface area contributed by atoms with Crippen LogP contribution in [-0.2, 0) is 23.1 Å². The van der Waals surface area contributed by atoms with Crippen molar-refractivity contribution in [1.82, 2.24) is 19.1 Å². The van der Waals surface area contributed by atoms with Gasteiger partial charge in [-0.3, -0.25) is 0 Å². The van der Waals surface area contributed by atoms with Crippen LogP contribution in [0.25, 0.3) is 0 Å². The Hall–Kier alpha value is -1.95. The van der Waals surface area contributed by atoms with E-state index in [1.165, 1.54) is 22.5 Å². The lowest BCUT2D eigenvalue weighted by Gasteiger charge is -2.26. The minimum Gasteiger partial charge on any atom is -0.315 e. The van der Waals surface area contributed by atoms with Crippen LogP contribution < -0.4 is 0 Å². The minimum atomic E-state index is -3.73. The molecule has 0 amide bonds. The summed E-state index contributed by atoms with van der Waals surface area (Å²) in [6, 6.07) is 6.06. The third-order valence-corrected chi connectivity index (χ3v) is 5.61. The third kappa shape index (κ3) is 2.40. The first-order chi connectivity index (χ1) is 10.0. The van der Waals surface area contributed by atoms with Gasteiger partial charge in [0.25, 0.3) is 0 Å². The number of benzene rings is 1. The predicted molar refractivity (Wildman–Crippen MR) is 73.8 cm³/mol. The number of hydrogen-bond acceptors (Lipinski definition) is 5. The lowest BCUT2D eigenvalue weighted by Crippen LogP contribution is -2.38. The lowest BCUT2D eigenvalue weighted by atomic mass is 10.2. The fourth-order valence-electron chi connectivity index (χ4n) is 2.17. The van der Waals surface area contributed by atoms with Gasteiger partial charge in [0, 0.05) is 13.1 Å². The Balaban J connectivity index is 1.97. The summed E-state index contributed by atoms with van der Waals surface area (Å²) < 4.78 is 28.4. The van der Waals surface area contributed by atoms with Gasteiger partial charge in [0.1, 0.15) is 17.0 Å². The molecule has 2 aromatic rings. The Morgan fingerprint density at radius 2 is 2.14 bits per heavy atom. The van der Waals surface area contributed by atoms with Crippen LogP contribution in [0.15, 0.2) is 29.4 Å². The summed E-state index contributed by atoms with van der Waals surface area (Å²) in [5, 5.41) is 16.5. The normalized spacial score (nSPS) is 15.4. The van der Waals surface area contributed by atoms with Gasteiger partial charge in [-0.15, -0.1) is 10.2 Å². The zero-order chi connectivity index (χ0) is 15.0. The summed E-state index contributed by atoms with van der Waals surface area (Å²) in [6.45, 7) is 0.970. The second-order valence-electron chi connectivity index (χ2n) is 4.54. The van der Waals surface area contributed by atoms with Crippen molar-refractivity contribution in [2.45, 2.75) is 18.0 Å². The summed E-state index contributed by atoms with van der Waals surface area (Å²) in [4.78, 5) is -0.00358. The number of nitrogens with zero attached hydrogens (tertiary/aromatic N) is 5. The van der Waals surface area contributed by atoms with Crippen molar-refractivity contribution >= 4 is 21.6 Å². The molecule has 0 atom stereocenters. The first-order valence-corrected chi connectivity index (χ1v) is 7.90. The van der Waals surface area contributed by atoms with E-state index in [-0.39, 0.29) is 16.5 Å². The van der Waals surface area contributed by atoms with E-state index in [2.05, 4.69) is 10.2 Å². The second kappa shape index (κ2) is 5.11. The first kappa shape index (κ1) is 14.0. The topological polar surface area (TPSA) is 91.9 Å². The van der Waals surface area contributed by atoms with Crippen LogP contribution in [-0.4, -0.2) is 34.0 Å². The molecule has 0 aliphatic carbocycles. The van der Waals surface area contributed by atoms with Crippen molar-refractivity contribution in [1.29, 1.82) is 5.26 Å². The average molecular weight is 324 g/mol. The van der Waals surface area contributed by atoms with Gasteiger partial charge in [-0.25, -0.2) is 8.42 Å². The summed E-state index contributed by atoms with van der Waals surface area (Å²) in [6.07, 6.45) is 1.58. The maximum absolute atomic E-state index is 12.6. The Bertz CT molecular complexity index is 840. The van der Waals surface area contributed by atoms with E-state index in [4.69, 9.17) is 16.9 Å². The molecule has 9 heteroatoms. The van der Waals surface area contributed by atoms with E-state index in [1.807, 2.05) is 10.6 Å². The highest BCUT2D eigenvalue weighted by atomic mass is 35.5. The second-order valence-corrected chi connectivity index (χ2v) is 6.85. The summed E-state index contributed by atoms with van der Waals surface area (Å²) in [5.41, 5.74) is 0.317. The molecule has 108 valence electrons. The molecule has 3 rings (SSSR count). The fourth-order valence-corrected chi connectivity index (χ4v) is 4.07. The van der Waals surface area contributed by atoms with Crippen LogP contribution in [0.1, 0.15) is 11.4 Å².